The van der Waals surface area contributed by atoms with Crippen LogP contribution in [0.15, 0.2) is 18.2 Å². The van der Waals surface area contributed by atoms with Crippen LogP contribution in [-0.4, -0.2) is 19.6 Å². The van der Waals surface area contributed by atoms with E-state index in [0.29, 0.717) is 11.3 Å². The second-order valence-electron chi connectivity index (χ2n) is 3.46. The highest BCUT2D eigenvalue weighted by Crippen LogP contribution is 2.21. The first-order chi connectivity index (χ1) is 7.54. The van der Waals surface area contributed by atoms with Gasteiger partial charge in [0.25, 0.3) is 0 Å². The molecule has 0 aliphatic rings. The predicted octanol–water partition coefficient (Wildman–Crippen LogP) is 0.970. The van der Waals surface area contributed by atoms with Crippen LogP contribution in [0.1, 0.15) is 18.5 Å². The summed E-state index contributed by atoms with van der Waals surface area (Å²) in [6.07, 6.45) is 0. The number of rotatable bonds is 5. The van der Waals surface area contributed by atoms with Gasteiger partial charge < -0.3 is 15.8 Å². The first-order valence-electron chi connectivity index (χ1n) is 4.89. The Bertz CT molecular complexity index is 382. The molecule has 1 aromatic carbocycles. The SMILES string of the molecule is COc1ccc(C(C)NCC(N)=O)c(F)c1. The first-order valence-corrected chi connectivity index (χ1v) is 4.89. The van der Waals surface area contributed by atoms with Crippen LogP contribution in [0.2, 0.25) is 0 Å². The summed E-state index contributed by atoms with van der Waals surface area (Å²) < 4.78 is 18.5. The summed E-state index contributed by atoms with van der Waals surface area (Å²) in [7, 11) is 1.48. The number of methoxy groups -OCH3 is 1. The number of hydrogen-bond acceptors (Lipinski definition) is 3. The lowest BCUT2D eigenvalue weighted by atomic mass is 10.1. The van der Waals surface area contributed by atoms with E-state index in [1.165, 1.54) is 13.2 Å². The number of amides is 1. The molecule has 5 heteroatoms. The van der Waals surface area contributed by atoms with E-state index in [9.17, 15) is 9.18 Å². The Labute approximate surface area is 93.6 Å². The Morgan fingerprint density at radius 1 is 1.62 bits per heavy atom. The smallest absolute Gasteiger partial charge is 0.231 e. The third-order valence-corrected chi connectivity index (χ3v) is 2.26. The van der Waals surface area contributed by atoms with Crippen LogP contribution in [0.4, 0.5) is 4.39 Å². The van der Waals surface area contributed by atoms with Gasteiger partial charge in [0.05, 0.1) is 13.7 Å². The van der Waals surface area contributed by atoms with Crippen molar-refractivity contribution in [3.63, 3.8) is 0 Å². The van der Waals surface area contributed by atoms with Gasteiger partial charge >= 0.3 is 0 Å². The molecule has 0 aromatic heterocycles. The molecule has 0 spiro atoms. The monoisotopic (exact) mass is 226 g/mol. The number of halogens is 1. The van der Waals surface area contributed by atoms with Crippen LogP contribution in [0.25, 0.3) is 0 Å². The van der Waals surface area contributed by atoms with Crippen LogP contribution in [0, 0.1) is 5.82 Å². The summed E-state index contributed by atoms with van der Waals surface area (Å²) in [4.78, 5) is 10.6. The summed E-state index contributed by atoms with van der Waals surface area (Å²) >= 11 is 0. The van der Waals surface area contributed by atoms with Crippen molar-refractivity contribution in [1.29, 1.82) is 0 Å². The molecule has 0 saturated carbocycles. The lowest BCUT2D eigenvalue weighted by Crippen LogP contribution is -2.30. The molecule has 0 fully saturated rings. The minimum absolute atomic E-state index is 0.0205. The topological polar surface area (TPSA) is 64.3 Å². The summed E-state index contributed by atoms with van der Waals surface area (Å²) in [6.45, 7) is 1.78. The second kappa shape index (κ2) is 5.46. The fourth-order valence-corrected chi connectivity index (χ4v) is 1.35. The summed E-state index contributed by atoms with van der Waals surface area (Å²) in [5.41, 5.74) is 5.46. The van der Waals surface area contributed by atoms with E-state index in [2.05, 4.69) is 5.32 Å². The van der Waals surface area contributed by atoms with Crippen LogP contribution in [0.5, 0.6) is 5.75 Å². The average molecular weight is 226 g/mol. The fourth-order valence-electron chi connectivity index (χ4n) is 1.35. The number of carbonyl (C=O) groups excluding carboxylic acids is 1. The molecule has 3 N–H and O–H groups in total. The minimum atomic E-state index is -0.472. The maximum absolute atomic E-state index is 13.6. The van der Waals surface area contributed by atoms with Gasteiger partial charge in [-0.2, -0.15) is 0 Å². The summed E-state index contributed by atoms with van der Waals surface area (Å²) in [5, 5.41) is 2.82. The fraction of sp³-hybridized carbons (Fsp3) is 0.364. The Morgan fingerprint density at radius 2 is 2.31 bits per heavy atom. The summed E-state index contributed by atoms with van der Waals surface area (Å²) in [6, 6.07) is 4.31. The van der Waals surface area contributed by atoms with E-state index < -0.39 is 5.91 Å². The van der Waals surface area contributed by atoms with Gasteiger partial charge in [-0.15, -0.1) is 0 Å². The van der Waals surface area contributed by atoms with Crippen molar-refractivity contribution in [2.45, 2.75) is 13.0 Å². The van der Waals surface area contributed by atoms with Gasteiger partial charge in [0, 0.05) is 17.7 Å². The van der Waals surface area contributed by atoms with Crippen molar-refractivity contribution >= 4 is 5.91 Å². The number of hydrogen-bond donors (Lipinski definition) is 2. The molecular weight excluding hydrogens is 211 g/mol. The number of primary amides is 1. The van der Waals surface area contributed by atoms with E-state index in [4.69, 9.17) is 10.5 Å². The molecule has 1 amide bonds. The van der Waals surface area contributed by atoms with Crippen LogP contribution < -0.4 is 15.8 Å². The predicted molar refractivity (Wildman–Crippen MR) is 58.6 cm³/mol. The van der Waals surface area contributed by atoms with Gasteiger partial charge in [-0.1, -0.05) is 6.07 Å². The standard InChI is InChI=1S/C11H15FN2O2/c1-7(14-6-11(13)15)9-4-3-8(16-2)5-10(9)12/h3-5,7,14H,6H2,1-2H3,(H2,13,15). The largest absolute Gasteiger partial charge is 0.497 e. The molecule has 16 heavy (non-hydrogen) atoms. The Morgan fingerprint density at radius 3 is 2.81 bits per heavy atom. The Kier molecular flexibility index (Phi) is 4.25. The van der Waals surface area contributed by atoms with Crippen molar-refractivity contribution < 1.29 is 13.9 Å². The van der Waals surface area contributed by atoms with E-state index in [-0.39, 0.29) is 18.4 Å². The summed E-state index contributed by atoms with van der Waals surface area (Å²) in [5.74, 6) is -0.382. The lowest BCUT2D eigenvalue weighted by molar-refractivity contribution is -0.117. The van der Waals surface area contributed by atoms with E-state index in [0.717, 1.165) is 0 Å². The zero-order valence-electron chi connectivity index (χ0n) is 9.29. The highest BCUT2D eigenvalue weighted by atomic mass is 19.1. The third-order valence-electron chi connectivity index (χ3n) is 2.26. The molecule has 0 aliphatic heterocycles. The molecule has 88 valence electrons. The average Bonchev–Trinajstić information content (AvgIpc) is 2.25. The molecule has 1 unspecified atom stereocenters. The normalized spacial score (nSPS) is 12.2. The van der Waals surface area contributed by atoms with Crippen molar-refractivity contribution in [3.05, 3.63) is 29.6 Å². The number of nitrogens with two attached hydrogens (primary N) is 1. The third kappa shape index (κ3) is 3.20. The quantitative estimate of drug-likeness (QED) is 0.786. The molecule has 1 atom stereocenters. The van der Waals surface area contributed by atoms with Crippen molar-refractivity contribution in [3.8, 4) is 5.75 Å². The van der Waals surface area contributed by atoms with E-state index in [1.54, 1.807) is 19.1 Å². The van der Waals surface area contributed by atoms with Gasteiger partial charge in [-0.3, -0.25) is 4.79 Å². The molecule has 0 aliphatic carbocycles. The van der Waals surface area contributed by atoms with Gasteiger partial charge in [-0.25, -0.2) is 4.39 Å². The van der Waals surface area contributed by atoms with Gasteiger partial charge in [0.2, 0.25) is 5.91 Å². The van der Waals surface area contributed by atoms with Gasteiger partial charge in [0.1, 0.15) is 11.6 Å². The molecule has 0 radical (unpaired) electrons. The zero-order valence-corrected chi connectivity index (χ0v) is 9.29. The molecule has 0 bridgehead atoms. The lowest BCUT2D eigenvalue weighted by Gasteiger charge is -2.14. The Balaban J connectivity index is 2.75. The number of ether oxygens (including phenoxy) is 1. The Hall–Kier alpha value is -1.62. The minimum Gasteiger partial charge on any atom is -0.497 e. The van der Waals surface area contributed by atoms with E-state index in [1.807, 2.05) is 0 Å². The first kappa shape index (κ1) is 12.4. The van der Waals surface area contributed by atoms with Crippen molar-refractivity contribution in [1.82, 2.24) is 5.32 Å². The van der Waals surface area contributed by atoms with Crippen molar-refractivity contribution in [2.24, 2.45) is 5.73 Å². The van der Waals surface area contributed by atoms with Crippen LogP contribution >= 0.6 is 0 Å². The highest BCUT2D eigenvalue weighted by Gasteiger charge is 2.11. The highest BCUT2D eigenvalue weighted by molar-refractivity contribution is 5.75. The van der Waals surface area contributed by atoms with Gasteiger partial charge in [0.15, 0.2) is 0 Å². The number of benzene rings is 1. The zero-order chi connectivity index (χ0) is 12.1. The maximum Gasteiger partial charge on any atom is 0.231 e. The van der Waals surface area contributed by atoms with Crippen molar-refractivity contribution in [2.75, 3.05) is 13.7 Å². The van der Waals surface area contributed by atoms with E-state index >= 15 is 0 Å². The molecule has 0 saturated heterocycles. The van der Waals surface area contributed by atoms with Crippen LogP contribution in [0.3, 0.4) is 0 Å². The van der Waals surface area contributed by atoms with Gasteiger partial charge in [-0.05, 0) is 13.0 Å². The second-order valence-corrected chi connectivity index (χ2v) is 3.46. The molecule has 0 heterocycles. The number of nitrogens with one attached hydrogen (secondary N) is 1. The molecule has 1 aromatic rings. The van der Waals surface area contributed by atoms with Crippen LogP contribution in [-0.2, 0) is 4.79 Å². The number of carbonyl (C=O) groups is 1. The maximum atomic E-state index is 13.6. The molecule has 4 nitrogen and oxygen atoms in total. The molecular formula is C11H15FN2O2. The molecule has 1 rings (SSSR count).